The molecule has 1 nitrogen and oxygen atoms in total. The molecular formula is C16H20FNS. The van der Waals surface area contributed by atoms with E-state index in [0.29, 0.717) is 6.04 Å². The van der Waals surface area contributed by atoms with Crippen molar-refractivity contribution in [3.8, 4) is 0 Å². The maximum absolute atomic E-state index is 13.3. The summed E-state index contributed by atoms with van der Waals surface area (Å²) in [5.74, 6) is 0.594. The molecule has 2 aromatic rings. The second kappa shape index (κ2) is 5.59. The Balaban J connectivity index is 1.91. The summed E-state index contributed by atoms with van der Waals surface area (Å²) >= 11 is 1.74. The van der Waals surface area contributed by atoms with Gasteiger partial charge in [0, 0.05) is 15.6 Å². The maximum atomic E-state index is 13.3. The van der Waals surface area contributed by atoms with E-state index in [0.717, 1.165) is 16.0 Å². The summed E-state index contributed by atoms with van der Waals surface area (Å²) in [6.45, 7) is 0. The molecule has 1 aromatic heterocycles. The zero-order chi connectivity index (χ0) is 13.2. The van der Waals surface area contributed by atoms with Crippen molar-refractivity contribution in [1.29, 1.82) is 0 Å². The molecule has 0 saturated heterocycles. The van der Waals surface area contributed by atoms with Gasteiger partial charge in [0.25, 0.3) is 0 Å². The van der Waals surface area contributed by atoms with E-state index < -0.39 is 0 Å². The van der Waals surface area contributed by atoms with Crippen LogP contribution in [0.25, 0.3) is 10.1 Å². The van der Waals surface area contributed by atoms with Gasteiger partial charge >= 0.3 is 0 Å². The van der Waals surface area contributed by atoms with Crippen LogP contribution in [0.4, 0.5) is 4.39 Å². The molecular weight excluding hydrogens is 257 g/mol. The van der Waals surface area contributed by atoms with Crippen molar-refractivity contribution in [1.82, 2.24) is 5.32 Å². The molecule has 1 aliphatic carbocycles. The van der Waals surface area contributed by atoms with Crippen LogP contribution in [0.1, 0.15) is 43.0 Å². The van der Waals surface area contributed by atoms with E-state index in [1.807, 2.05) is 13.1 Å². The molecule has 0 radical (unpaired) electrons. The van der Waals surface area contributed by atoms with Gasteiger partial charge in [-0.05, 0) is 49.4 Å². The van der Waals surface area contributed by atoms with Gasteiger partial charge in [-0.2, -0.15) is 0 Å². The van der Waals surface area contributed by atoms with Crippen LogP contribution >= 0.6 is 11.3 Å². The molecule has 1 fully saturated rings. The summed E-state index contributed by atoms with van der Waals surface area (Å²) in [6, 6.07) is 7.75. The first-order chi connectivity index (χ1) is 9.28. The van der Waals surface area contributed by atoms with Gasteiger partial charge in [-0.15, -0.1) is 11.3 Å². The van der Waals surface area contributed by atoms with Crippen LogP contribution in [0.15, 0.2) is 24.3 Å². The summed E-state index contributed by atoms with van der Waals surface area (Å²) in [6.07, 6.45) is 6.71. The predicted molar refractivity (Wildman–Crippen MR) is 80.2 cm³/mol. The van der Waals surface area contributed by atoms with Crippen LogP contribution in [0.5, 0.6) is 0 Å². The lowest BCUT2D eigenvalue weighted by Crippen LogP contribution is -2.26. The van der Waals surface area contributed by atoms with Gasteiger partial charge in [-0.3, -0.25) is 0 Å². The predicted octanol–water partition coefficient (Wildman–Crippen LogP) is 4.88. The number of rotatable bonds is 3. The lowest BCUT2D eigenvalue weighted by molar-refractivity contribution is 0.284. The summed E-state index contributed by atoms with van der Waals surface area (Å²) in [7, 11) is 2.05. The van der Waals surface area contributed by atoms with Crippen molar-refractivity contribution in [2.24, 2.45) is 5.92 Å². The average Bonchev–Trinajstić information content (AvgIpc) is 2.83. The van der Waals surface area contributed by atoms with Gasteiger partial charge in [0.05, 0.1) is 0 Å². The molecule has 0 spiro atoms. The molecule has 1 atom stereocenters. The molecule has 1 aromatic carbocycles. The number of thiophene rings is 1. The van der Waals surface area contributed by atoms with Crippen molar-refractivity contribution in [2.45, 2.75) is 38.1 Å². The Morgan fingerprint density at radius 1 is 1.21 bits per heavy atom. The molecule has 1 aliphatic rings. The molecule has 1 N–H and O–H groups in total. The Morgan fingerprint density at radius 3 is 2.74 bits per heavy atom. The largest absolute Gasteiger partial charge is 0.312 e. The van der Waals surface area contributed by atoms with E-state index in [1.165, 1.54) is 37.0 Å². The van der Waals surface area contributed by atoms with Gasteiger partial charge < -0.3 is 5.32 Å². The quantitative estimate of drug-likeness (QED) is 0.843. The van der Waals surface area contributed by atoms with Crippen LogP contribution in [0.3, 0.4) is 0 Å². The van der Waals surface area contributed by atoms with Gasteiger partial charge in [-0.25, -0.2) is 4.39 Å². The smallest absolute Gasteiger partial charge is 0.124 e. The fraction of sp³-hybridized carbons (Fsp3) is 0.500. The Kier molecular flexibility index (Phi) is 3.85. The van der Waals surface area contributed by atoms with Crippen LogP contribution in [0, 0.1) is 11.7 Å². The highest BCUT2D eigenvalue weighted by Gasteiger charge is 2.25. The SMILES string of the molecule is CNC(c1cc2ccc(F)cc2s1)C1CCCCC1. The van der Waals surface area contributed by atoms with E-state index in [9.17, 15) is 4.39 Å². The van der Waals surface area contributed by atoms with E-state index in [4.69, 9.17) is 0 Å². The van der Waals surface area contributed by atoms with Crippen LogP contribution in [0.2, 0.25) is 0 Å². The lowest BCUT2D eigenvalue weighted by Gasteiger charge is -2.29. The molecule has 3 rings (SSSR count). The molecule has 3 heteroatoms. The maximum Gasteiger partial charge on any atom is 0.124 e. The number of benzene rings is 1. The molecule has 1 heterocycles. The molecule has 102 valence electrons. The highest BCUT2D eigenvalue weighted by atomic mass is 32.1. The Hall–Kier alpha value is -0.930. The van der Waals surface area contributed by atoms with E-state index in [1.54, 1.807) is 23.5 Å². The Morgan fingerprint density at radius 2 is 2.00 bits per heavy atom. The first-order valence-electron chi connectivity index (χ1n) is 7.14. The van der Waals surface area contributed by atoms with Crippen LogP contribution in [-0.4, -0.2) is 7.05 Å². The molecule has 1 saturated carbocycles. The summed E-state index contributed by atoms with van der Waals surface area (Å²) in [5, 5.41) is 4.64. The molecule has 19 heavy (non-hydrogen) atoms. The van der Waals surface area contributed by atoms with Crippen molar-refractivity contribution >= 4 is 21.4 Å². The number of nitrogens with one attached hydrogen (secondary N) is 1. The van der Waals surface area contributed by atoms with E-state index in [-0.39, 0.29) is 5.82 Å². The fourth-order valence-electron chi connectivity index (χ4n) is 3.26. The Labute approximate surface area is 117 Å². The Bertz CT molecular complexity index is 557. The zero-order valence-corrected chi connectivity index (χ0v) is 12.1. The third-order valence-electron chi connectivity index (χ3n) is 4.24. The fourth-order valence-corrected chi connectivity index (χ4v) is 4.55. The number of hydrogen-bond acceptors (Lipinski definition) is 2. The average molecular weight is 277 g/mol. The van der Waals surface area contributed by atoms with Crippen molar-refractivity contribution in [3.63, 3.8) is 0 Å². The minimum absolute atomic E-state index is 0.139. The first kappa shape index (κ1) is 13.1. The van der Waals surface area contributed by atoms with E-state index in [2.05, 4.69) is 11.4 Å². The highest BCUT2D eigenvalue weighted by molar-refractivity contribution is 7.19. The third-order valence-corrected chi connectivity index (χ3v) is 5.42. The van der Waals surface area contributed by atoms with Gasteiger partial charge in [0.15, 0.2) is 0 Å². The number of fused-ring (bicyclic) bond motifs is 1. The van der Waals surface area contributed by atoms with Gasteiger partial charge in [0.2, 0.25) is 0 Å². The topological polar surface area (TPSA) is 12.0 Å². The molecule has 0 bridgehead atoms. The molecule has 1 unspecified atom stereocenters. The standard InChI is InChI=1S/C16H20FNS/c1-18-16(11-5-3-2-4-6-11)15-9-12-7-8-13(17)10-14(12)19-15/h7-11,16,18H,2-6H2,1H3. The molecule has 0 aliphatic heterocycles. The summed E-state index contributed by atoms with van der Waals surface area (Å²) in [4.78, 5) is 1.36. The van der Waals surface area contributed by atoms with Gasteiger partial charge in [0.1, 0.15) is 5.82 Å². The highest BCUT2D eigenvalue weighted by Crippen LogP contribution is 2.39. The second-order valence-electron chi connectivity index (χ2n) is 5.50. The summed E-state index contributed by atoms with van der Waals surface area (Å²) in [5.41, 5.74) is 0. The third kappa shape index (κ3) is 2.67. The zero-order valence-electron chi connectivity index (χ0n) is 11.3. The minimum Gasteiger partial charge on any atom is -0.312 e. The van der Waals surface area contributed by atoms with Crippen LogP contribution < -0.4 is 5.32 Å². The number of halogens is 1. The van der Waals surface area contributed by atoms with Crippen molar-refractivity contribution in [3.05, 3.63) is 35.0 Å². The van der Waals surface area contributed by atoms with Crippen molar-refractivity contribution in [2.75, 3.05) is 7.05 Å². The normalized spacial score (nSPS) is 18.8. The monoisotopic (exact) mass is 277 g/mol. The summed E-state index contributed by atoms with van der Waals surface area (Å²) < 4.78 is 14.3. The van der Waals surface area contributed by atoms with Crippen LogP contribution in [-0.2, 0) is 0 Å². The minimum atomic E-state index is -0.139. The van der Waals surface area contributed by atoms with Crippen molar-refractivity contribution < 1.29 is 4.39 Å². The molecule has 0 amide bonds. The first-order valence-corrected chi connectivity index (χ1v) is 7.96. The second-order valence-corrected chi connectivity index (χ2v) is 6.61. The van der Waals surface area contributed by atoms with Gasteiger partial charge in [-0.1, -0.05) is 25.3 Å². The van der Waals surface area contributed by atoms with E-state index >= 15 is 0 Å². The number of hydrogen-bond donors (Lipinski definition) is 1. The lowest BCUT2D eigenvalue weighted by atomic mass is 9.83.